The molecule has 0 bridgehead atoms. The van der Waals surface area contributed by atoms with Crippen molar-refractivity contribution in [1.82, 2.24) is 5.32 Å². The van der Waals surface area contributed by atoms with Crippen molar-refractivity contribution in [3.8, 4) is 5.75 Å². The molecule has 2 rings (SSSR count). The van der Waals surface area contributed by atoms with E-state index in [0.717, 1.165) is 0 Å². The molecule has 0 unspecified atom stereocenters. The van der Waals surface area contributed by atoms with Gasteiger partial charge in [0.15, 0.2) is 0 Å². The van der Waals surface area contributed by atoms with Crippen LogP contribution >= 0.6 is 15.9 Å². The zero-order valence-corrected chi connectivity index (χ0v) is 11.4. The van der Waals surface area contributed by atoms with Crippen molar-refractivity contribution in [2.45, 2.75) is 6.54 Å². The highest BCUT2D eigenvalue weighted by Gasteiger charge is 2.11. The maximum absolute atomic E-state index is 12.9. The molecule has 3 nitrogen and oxygen atoms in total. The zero-order valence-electron chi connectivity index (χ0n) is 9.86. The summed E-state index contributed by atoms with van der Waals surface area (Å²) in [6.07, 6.45) is 0. The topological polar surface area (TPSA) is 49.3 Å². The Bertz CT molecular complexity index is 616. The molecule has 19 heavy (non-hydrogen) atoms. The molecule has 0 radical (unpaired) electrons. The lowest BCUT2D eigenvalue weighted by Gasteiger charge is -2.08. The van der Waals surface area contributed by atoms with Gasteiger partial charge in [-0.25, -0.2) is 4.39 Å². The van der Waals surface area contributed by atoms with Crippen molar-refractivity contribution < 1.29 is 14.3 Å². The maximum atomic E-state index is 12.9. The quantitative estimate of drug-likeness (QED) is 0.911. The Hall–Kier alpha value is -1.88. The number of carbonyl (C=O) groups excluding carboxylic acids is 1. The number of carbonyl (C=O) groups is 1. The fourth-order valence-corrected chi connectivity index (χ4v) is 2.14. The first-order chi connectivity index (χ1) is 9.08. The van der Waals surface area contributed by atoms with E-state index in [4.69, 9.17) is 0 Å². The summed E-state index contributed by atoms with van der Waals surface area (Å²) < 4.78 is 13.3. The summed E-state index contributed by atoms with van der Waals surface area (Å²) in [6, 6.07) is 10.6. The molecule has 0 saturated heterocycles. The van der Waals surface area contributed by atoms with Gasteiger partial charge in [-0.3, -0.25) is 4.79 Å². The van der Waals surface area contributed by atoms with Gasteiger partial charge in [-0.1, -0.05) is 18.2 Å². The van der Waals surface area contributed by atoms with E-state index in [1.54, 1.807) is 24.3 Å². The predicted octanol–water partition coefficient (Wildman–Crippen LogP) is 3.22. The number of hydrogen-bond donors (Lipinski definition) is 2. The summed E-state index contributed by atoms with van der Waals surface area (Å²) >= 11 is 3.14. The molecule has 0 spiro atoms. The Morgan fingerprint density at radius 3 is 2.68 bits per heavy atom. The molecule has 0 heterocycles. The van der Waals surface area contributed by atoms with Crippen LogP contribution in [0.3, 0.4) is 0 Å². The molecule has 0 saturated carbocycles. The van der Waals surface area contributed by atoms with E-state index < -0.39 is 5.82 Å². The van der Waals surface area contributed by atoms with E-state index >= 15 is 0 Å². The molecule has 5 heteroatoms. The third-order valence-electron chi connectivity index (χ3n) is 2.61. The average Bonchev–Trinajstić information content (AvgIpc) is 2.37. The first-order valence-electron chi connectivity index (χ1n) is 5.58. The Labute approximate surface area is 118 Å². The number of amides is 1. The fraction of sp³-hybridized carbons (Fsp3) is 0.0714. The standard InChI is InChI=1S/C14H11BrFNO2/c15-12-7-10(16)5-6-11(12)14(19)17-8-9-3-1-2-4-13(9)18/h1-7,18H,8H2,(H,17,19). The number of hydrogen-bond acceptors (Lipinski definition) is 2. The molecule has 2 aromatic carbocycles. The van der Waals surface area contributed by atoms with Crippen molar-refractivity contribution in [1.29, 1.82) is 0 Å². The minimum atomic E-state index is -0.413. The predicted molar refractivity (Wildman–Crippen MR) is 73.4 cm³/mol. The van der Waals surface area contributed by atoms with Crippen LogP contribution < -0.4 is 5.32 Å². The van der Waals surface area contributed by atoms with Gasteiger partial charge in [0.05, 0.1) is 5.56 Å². The van der Waals surface area contributed by atoms with Crippen molar-refractivity contribution in [2.24, 2.45) is 0 Å². The van der Waals surface area contributed by atoms with Crippen molar-refractivity contribution in [3.63, 3.8) is 0 Å². The van der Waals surface area contributed by atoms with Gasteiger partial charge >= 0.3 is 0 Å². The van der Waals surface area contributed by atoms with Crippen LogP contribution in [-0.2, 0) is 6.54 Å². The normalized spacial score (nSPS) is 10.2. The van der Waals surface area contributed by atoms with E-state index in [9.17, 15) is 14.3 Å². The second kappa shape index (κ2) is 5.84. The summed E-state index contributed by atoms with van der Waals surface area (Å²) in [5.74, 6) is -0.625. The molecular weight excluding hydrogens is 313 g/mol. The Kier molecular flexibility index (Phi) is 4.16. The number of para-hydroxylation sites is 1. The van der Waals surface area contributed by atoms with E-state index in [0.29, 0.717) is 15.6 Å². The van der Waals surface area contributed by atoms with Gasteiger partial charge in [-0.05, 0) is 40.2 Å². The summed E-state index contributed by atoms with van der Waals surface area (Å²) in [5.41, 5.74) is 0.964. The SMILES string of the molecule is O=C(NCc1ccccc1O)c1ccc(F)cc1Br. The monoisotopic (exact) mass is 323 g/mol. The van der Waals surface area contributed by atoms with Crippen LogP contribution in [0, 0.1) is 5.82 Å². The van der Waals surface area contributed by atoms with Gasteiger partial charge in [-0.2, -0.15) is 0 Å². The van der Waals surface area contributed by atoms with E-state index in [1.807, 2.05) is 0 Å². The minimum Gasteiger partial charge on any atom is -0.508 e. The van der Waals surface area contributed by atoms with Crippen molar-refractivity contribution >= 4 is 21.8 Å². The number of aromatic hydroxyl groups is 1. The van der Waals surface area contributed by atoms with Gasteiger partial charge in [0, 0.05) is 16.6 Å². The highest BCUT2D eigenvalue weighted by atomic mass is 79.9. The van der Waals surface area contributed by atoms with E-state index in [2.05, 4.69) is 21.2 Å². The largest absolute Gasteiger partial charge is 0.508 e. The average molecular weight is 324 g/mol. The van der Waals surface area contributed by atoms with Crippen LogP contribution in [-0.4, -0.2) is 11.0 Å². The number of phenolic OH excluding ortho intramolecular Hbond substituents is 1. The fourth-order valence-electron chi connectivity index (χ4n) is 1.60. The number of phenols is 1. The Morgan fingerprint density at radius 1 is 1.26 bits per heavy atom. The number of benzene rings is 2. The number of halogens is 2. The highest BCUT2D eigenvalue weighted by Crippen LogP contribution is 2.19. The molecule has 98 valence electrons. The summed E-state index contributed by atoms with van der Waals surface area (Å²) in [5, 5.41) is 12.2. The van der Waals surface area contributed by atoms with E-state index in [-0.39, 0.29) is 18.2 Å². The molecule has 0 aliphatic rings. The summed E-state index contributed by atoms with van der Waals surface area (Å²) in [7, 11) is 0. The smallest absolute Gasteiger partial charge is 0.252 e. The second-order valence-corrected chi connectivity index (χ2v) is 4.79. The molecular formula is C14H11BrFNO2. The first-order valence-corrected chi connectivity index (χ1v) is 6.37. The summed E-state index contributed by atoms with van der Waals surface area (Å²) in [4.78, 5) is 11.9. The van der Waals surface area contributed by atoms with Crippen LogP contribution in [0.4, 0.5) is 4.39 Å². The van der Waals surface area contributed by atoms with Crippen LogP contribution in [0.2, 0.25) is 0 Å². The molecule has 0 aromatic heterocycles. The maximum Gasteiger partial charge on any atom is 0.252 e. The molecule has 0 aliphatic carbocycles. The van der Waals surface area contributed by atoms with Gasteiger partial charge in [0.25, 0.3) is 5.91 Å². The lowest BCUT2D eigenvalue weighted by atomic mass is 10.1. The number of nitrogens with one attached hydrogen (secondary N) is 1. The molecule has 2 aromatic rings. The molecule has 0 aliphatic heterocycles. The van der Waals surface area contributed by atoms with Gasteiger partial charge in [0.1, 0.15) is 11.6 Å². The van der Waals surface area contributed by atoms with Crippen molar-refractivity contribution in [3.05, 3.63) is 63.9 Å². The number of rotatable bonds is 3. The molecule has 2 N–H and O–H groups in total. The minimum absolute atomic E-state index is 0.126. The Balaban J connectivity index is 2.08. The summed E-state index contributed by atoms with van der Waals surface area (Å²) in [6.45, 7) is 0.204. The van der Waals surface area contributed by atoms with Crippen LogP contribution in [0.1, 0.15) is 15.9 Å². The lowest BCUT2D eigenvalue weighted by Crippen LogP contribution is -2.23. The molecule has 1 amide bonds. The van der Waals surface area contributed by atoms with Crippen LogP contribution in [0.5, 0.6) is 5.75 Å². The molecule has 0 atom stereocenters. The van der Waals surface area contributed by atoms with E-state index in [1.165, 1.54) is 18.2 Å². The van der Waals surface area contributed by atoms with Gasteiger partial charge in [0.2, 0.25) is 0 Å². The zero-order chi connectivity index (χ0) is 13.8. The van der Waals surface area contributed by atoms with Crippen LogP contribution in [0.15, 0.2) is 46.9 Å². The second-order valence-electron chi connectivity index (χ2n) is 3.94. The highest BCUT2D eigenvalue weighted by molar-refractivity contribution is 9.10. The Morgan fingerprint density at radius 2 is 2.00 bits per heavy atom. The third-order valence-corrected chi connectivity index (χ3v) is 3.26. The van der Waals surface area contributed by atoms with Crippen LogP contribution in [0.25, 0.3) is 0 Å². The van der Waals surface area contributed by atoms with Gasteiger partial charge in [-0.15, -0.1) is 0 Å². The first kappa shape index (κ1) is 13.5. The van der Waals surface area contributed by atoms with Crippen molar-refractivity contribution in [2.75, 3.05) is 0 Å². The molecule has 0 fully saturated rings. The third kappa shape index (κ3) is 3.32. The van der Waals surface area contributed by atoms with Gasteiger partial charge < -0.3 is 10.4 Å². The lowest BCUT2D eigenvalue weighted by molar-refractivity contribution is 0.0950.